The highest BCUT2D eigenvalue weighted by Gasteiger charge is 2.16. The molecule has 3 aromatic rings. The van der Waals surface area contributed by atoms with E-state index in [-0.39, 0.29) is 5.56 Å². The predicted molar refractivity (Wildman–Crippen MR) is 102 cm³/mol. The monoisotopic (exact) mass is 349 g/mol. The van der Waals surface area contributed by atoms with Crippen molar-refractivity contribution in [3.63, 3.8) is 0 Å². The van der Waals surface area contributed by atoms with Crippen molar-refractivity contribution in [3.05, 3.63) is 63.9 Å². The van der Waals surface area contributed by atoms with E-state index in [0.29, 0.717) is 22.5 Å². The summed E-state index contributed by atoms with van der Waals surface area (Å²) in [4.78, 5) is 17.9. The first kappa shape index (κ1) is 17.2. The van der Waals surface area contributed by atoms with E-state index in [1.807, 2.05) is 56.3 Å². The molecule has 0 atom stereocenters. The summed E-state index contributed by atoms with van der Waals surface area (Å²) in [6.07, 6.45) is 1.28. The molecule has 0 aliphatic carbocycles. The van der Waals surface area contributed by atoms with Gasteiger partial charge in [0.15, 0.2) is 5.16 Å². The molecule has 2 aromatic carbocycles. The standard InChI is InChI=1S/C20H19N3OS/c1-14-8-7-9-15(2)18(14)23-19(24)16-10-3-4-11-17(16)22-20(23)25-13-6-5-12-21/h3-4,7-11H,5-6,13H2,1-2H3. The molecule has 1 heterocycles. The lowest BCUT2D eigenvalue weighted by molar-refractivity contribution is 0.807. The van der Waals surface area contributed by atoms with Crippen LogP contribution in [0.25, 0.3) is 16.6 Å². The average Bonchev–Trinajstić information content (AvgIpc) is 2.61. The maximum atomic E-state index is 13.2. The number of thioether (sulfide) groups is 1. The molecule has 0 amide bonds. The third-order valence-corrected chi connectivity index (χ3v) is 5.10. The van der Waals surface area contributed by atoms with Crippen molar-refractivity contribution in [2.24, 2.45) is 0 Å². The van der Waals surface area contributed by atoms with Gasteiger partial charge in [-0.25, -0.2) is 4.98 Å². The van der Waals surface area contributed by atoms with Gasteiger partial charge < -0.3 is 0 Å². The molecule has 0 aliphatic heterocycles. The largest absolute Gasteiger partial charge is 0.268 e. The van der Waals surface area contributed by atoms with E-state index < -0.39 is 0 Å². The van der Waals surface area contributed by atoms with Crippen LogP contribution in [0, 0.1) is 25.2 Å². The lowest BCUT2D eigenvalue weighted by atomic mass is 10.1. The Morgan fingerprint density at radius 3 is 2.56 bits per heavy atom. The molecule has 25 heavy (non-hydrogen) atoms. The molecule has 1 aromatic heterocycles. The summed E-state index contributed by atoms with van der Waals surface area (Å²) in [7, 11) is 0. The number of nitrogens with zero attached hydrogens (tertiary/aromatic N) is 3. The lowest BCUT2D eigenvalue weighted by Crippen LogP contribution is -2.23. The van der Waals surface area contributed by atoms with Gasteiger partial charge in [0.05, 0.1) is 22.7 Å². The second-order valence-corrected chi connectivity index (χ2v) is 6.96. The van der Waals surface area contributed by atoms with Crippen LogP contribution in [0.1, 0.15) is 24.0 Å². The molecule has 0 fully saturated rings. The summed E-state index contributed by atoms with van der Waals surface area (Å²) in [5.41, 5.74) is 3.63. The number of hydrogen-bond donors (Lipinski definition) is 0. The van der Waals surface area contributed by atoms with Crippen molar-refractivity contribution in [1.29, 1.82) is 5.26 Å². The van der Waals surface area contributed by atoms with Crippen LogP contribution in [0.3, 0.4) is 0 Å². The fourth-order valence-electron chi connectivity index (χ4n) is 2.88. The fraction of sp³-hybridized carbons (Fsp3) is 0.250. The molecule has 5 heteroatoms. The normalized spacial score (nSPS) is 10.8. The van der Waals surface area contributed by atoms with Crippen molar-refractivity contribution in [2.75, 3.05) is 5.75 Å². The van der Waals surface area contributed by atoms with Gasteiger partial charge in [-0.05, 0) is 43.5 Å². The quantitative estimate of drug-likeness (QED) is 0.389. The van der Waals surface area contributed by atoms with Crippen LogP contribution in [0.5, 0.6) is 0 Å². The number of aryl methyl sites for hydroxylation is 2. The molecule has 0 saturated carbocycles. The van der Waals surface area contributed by atoms with Gasteiger partial charge in [0.1, 0.15) is 0 Å². The van der Waals surface area contributed by atoms with Gasteiger partial charge in [-0.15, -0.1) is 0 Å². The van der Waals surface area contributed by atoms with Gasteiger partial charge in [-0.2, -0.15) is 5.26 Å². The predicted octanol–water partition coefficient (Wildman–Crippen LogP) is 4.40. The SMILES string of the molecule is Cc1cccc(C)c1-n1c(SCCCC#N)nc2ccccc2c1=O. The van der Waals surface area contributed by atoms with Crippen molar-refractivity contribution >= 4 is 22.7 Å². The van der Waals surface area contributed by atoms with E-state index in [2.05, 4.69) is 6.07 Å². The Bertz CT molecular complexity index is 997. The molecular weight excluding hydrogens is 330 g/mol. The number of fused-ring (bicyclic) bond motifs is 1. The zero-order valence-electron chi connectivity index (χ0n) is 14.3. The fourth-order valence-corrected chi connectivity index (χ4v) is 3.82. The van der Waals surface area contributed by atoms with Crippen LogP contribution in [-0.2, 0) is 0 Å². The van der Waals surface area contributed by atoms with Gasteiger partial charge in [0.2, 0.25) is 0 Å². The van der Waals surface area contributed by atoms with E-state index in [1.54, 1.807) is 4.57 Å². The molecule has 0 spiro atoms. The van der Waals surface area contributed by atoms with E-state index >= 15 is 0 Å². The van der Waals surface area contributed by atoms with Gasteiger partial charge >= 0.3 is 0 Å². The summed E-state index contributed by atoms with van der Waals surface area (Å²) in [5.74, 6) is 0.753. The summed E-state index contributed by atoms with van der Waals surface area (Å²) >= 11 is 1.53. The number of aromatic nitrogens is 2. The molecule has 0 unspecified atom stereocenters. The maximum absolute atomic E-state index is 13.2. The zero-order chi connectivity index (χ0) is 17.8. The Labute approximate surface area is 151 Å². The molecule has 126 valence electrons. The molecule has 3 rings (SSSR count). The first-order chi connectivity index (χ1) is 12.1. The summed E-state index contributed by atoms with van der Waals surface area (Å²) in [6, 6.07) is 15.6. The van der Waals surface area contributed by atoms with Crippen molar-refractivity contribution in [2.45, 2.75) is 31.8 Å². The molecule has 4 nitrogen and oxygen atoms in total. The van der Waals surface area contributed by atoms with Crippen molar-refractivity contribution in [3.8, 4) is 11.8 Å². The lowest BCUT2D eigenvalue weighted by Gasteiger charge is -2.17. The second-order valence-electron chi connectivity index (χ2n) is 5.90. The van der Waals surface area contributed by atoms with E-state index in [1.165, 1.54) is 11.8 Å². The van der Waals surface area contributed by atoms with Gasteiger partial charge in [-0.3, -0.25) is 9.36 Å². The molecule has 0 N–H and O–H groups in total. The minimum atomic E-state index is -0.0502. The Kier molecular flexibility index (Phi) is 5.20. The van der Waals surface area contributed by atoms with E-state index in [0.717, 1.165) is 29.0 Å². The molecule has 0 radical (unpaired) electrons. The first-order valence-electron chi connectivity index (χ1n) is 8.21. The molecule has 0 aliphatic rings. The Morgan fingerprint density at radius 1 is 1.12 bits per heavy atom. The van der Waals surface area contributed by atoms with Gasteiger partial charge in [-0.1, -0.05) is 42.1 Å². The number of benzene rings is 2. The second kappa shape index (κ2) is 7.54. The number of unbranched alkanes of at least 4 members (excludes halogenated alkanes) is 1. The average molecular weight is 349 g/mol. The van der Waals surface area contributed by atoms with Crippen LogP contribution in [-0.4, -0.2) is 15.3 Å². The number of rotatable bonds is 5. The number of hydrogen-bond acceptors (Lipinski definition) is 4. The Morgan fingerprint density at radius 2 is 1.84 bits per heavy atom. The van der Waals surface area contributed by atoms with E-state index in [4.69, 9.17) is 10.2 Å². The molecule has 0 bridgehead atoms. The minimum Gasteiger partial charge on any atom is -0.268 e. The molecular formula is C20H19N3OS. The topological polar surface area (TPSA) is 58.7 Å². The van der Waals surface area contributed by atoms with Crippen molar-refractivity contribution in [1.82, 2.24) is 9.55 Å². The Balaban J connectivity index is 2.22. The van der Waals surface area contributed by atoms with Crippen LogP contribution in [0.4, 0.5) is 0 Å². The Hall–Kier alpha value is -2.58. The highest BCUT2D eigenvalue weighted by atomic mass is 32.2. The van der Waals surface area contributed by atoms with Crippen LogP contribution < -0.4 is 5.56 Å². The highest BCUT2D eigenvalue weighted by Crippen LogP contribution is 2.25. The van der Waals surface area contributed by atoms with E-state index in [9.17, 15) is 4.79 Å². The van der Waals surface area contributed by atoms with Crippen LogP contribution in [0.2, 0.25) is 0 Å². The highest BCUT2D eigenvalue weighted by molar-refractivity contribution is 7.99. The smallest absolute Gasteiger partial charge is 0.266 e. The third-order valence-electron chi connectivity index (χ3n) is 4.07. The third kappa shape index (κ3) is 3.45. The maximum Gasteiger partial charge on any atom is 0.266 e. The van der Waals surface area contributed by atoms with Crippen LogP contribution >= 0.6 is 11.8 Å². The zero-order valence-corrected chi connectivity index (χ0v) is 15.1. The molecule has 0 saturated heterocycles. The summed E-state index contributed by atoms with van der Waals surface area (Å²) in [6.45, 7) is 4.02. The van der Waals surface area contributed by atoms with Gasteiger partial charge in [0, 0.05) is 12.2 Å². The van der Waals surface area contributed by atoms with Gasteiger partial charge in [0.25, 0.3) is 5.56 Å². The van der Waals surface area contributed by atoms with Crippen LogP contribution in [0.15, 0.2) is 52.4 Å². The number of nitriles is 1. The summed E-state index contributed by atoms with van der Waals surface area (Å²) < 4.78 is 1.73. The first-order valence-corrected chi connectivity index (χ1v) is 9.20. The minimum absolute atomic E-state index is 0.0502. The number of para-hydroxylation sites is 2. The summed E-state index contributed by atoms with van der Waals surface area (Å²) in [5, 5.41) is 10.0. The van der Waals surface area contributed by atoms with Crippen molar-refractivity contribution < 1.29 is 0 Å².